The summed E-state index contributed by atoms with van der Waals surface area (Å²) in [5.41, 5.74) is 7.32. The summed E-state index contributed by atoms with van der Waals surface area (Å²) < 4.78 is 5.61. The topological polar surface area (TPSA) is 84.6 Å². The third kappa shape index (κ3) is 7.68. The van der Waals surface area contributed by atoms with Crippen molar-refractivity contribution in [3.63, 3.8) is 0 Å². The Bertz CT molecular complexity index is 676. The Morgan fingerprint density at radius 2 is 1.88 bits per heavy atom. The van der Waals surface area contributed by atoms with Gasteiger partial charge in [-0.15, -0.1) is 0 Å². The van der Waals surface area contributed by atoms with Gasteiger partial charge in [-0.25, -0.2) is 0 Å². The van der Waals surface area contributed by atoms with E-state index in [9.17, 15) is 9.90 Å². The molecular weight excluding hydrogens is 328 g/mol. The highest BCUT2D eigenvalue weighted by Gasteiger charge is 2.09. The van der Waals surface area contributed by atoms with Crippen LogP contribution in [-0.4, -0.2) is 36.3 Å². The minimum atomic E-state index is -0.603. The van der Waals surface area contributed by atoms with Crippen LogP contribution in [0.4, 0.5) is 0 Å². The van der Waals surface area contributed by atoms with Gasteiger partial charge >= 0.3 is 0 Å². The Morgan fingerprint density at radius 3 is 2.62 bits per heavy atom. The highest BCUT2D eigenvalue weighted by Crippen LogP contribution is 2.14. The van der Waals surface area contributed by atoms with Crippen LogP contribution in [-0.2, 0) is 17.6 Å². The van der Waals surface area contributed by atoms with E-state index in [1.807, 2.05) is 30.3 Å². The first-order valence-corrected chi connectivity index (χ1v) is 8.98. The molecule has 0 heterocycles. The van der Waals surface area contributed by atoms with Crippen molar-refractivity contribution in [1.82, 2.24) is 5.32 Å². The van der Waals surface area contributed by atoms with E-state index in [0.29, 0.717) is 18.3 Å². The summed E-state index contributed by atoms with van der Waals surface area (Å²) in [5.74, 6) is 0.246. The lowest BCUT2D eigenvalue weighted by molar-refractivity contribution is -0.117. The van der Waals surface area contributed by atoms with Crippen LogP contribution in [0, 0.1) is 0 Å². The number of aliphatic hydroxyl groups is 1. The first-order valence-electron chi connectivity index (χ1n) is 8.98. The lowest BCUT2D eigenvalue weighted by Crippen LogP contribution is -2.36. The SMILES string of the molecule is CC(CCc1ccccc1)NCC(O)COc1cccc(CC(N)=O)c1. The van der Waals surface area contributed by atoms with Crippen LogP contribution < -0.4 is 15.8 Å². The molecule has 2 rings (SSSR count). The van der Waals surface area contributed by atoms with Gasteiger partial charge in [-0.05, 0) is 43.0 Å². The fraction of sp³-hybridized carbons (Fsp3) is 0.381. The monoisotopic (exact) mass is 356 g/mol. The number of primary amides is 1. The molecule has 0 bridgehead atoms. The second-order valence-corrected chi connectivity index (χ2v) is 6.59. The first kappa shape index (κ1) is 19.9. The van der Waals surface area contributed by atoms with Gasteiger partial charge in [-0.1, -0.05) is 42.5 Å². The number of nitrogens with two attached hydrogens (primary N) is 1. The van der Waals surface area contributed by atoms with Crippen molar-refractivity contribution in [3.8, 4) is 5.75 Å². The average molecular weight is 356 g/mol. The molecule has 1 amide bonds. The Balaban J connectivity index is 1.66. The Morgan fingerprint density at radius 1 is 1.15 bits per heavy atom. The van der Waals surface area contributed by atoms with Gasteiger partial charge in [0.1, 0.15) is 18.5 Å². The van der Waals surface area contributed by atoms with Crippen molar-refractivity contribution in [2.45, 2.75) is 38.3 Å². The largest absolute Gasteiger partial charge is 0.491 e. The number of carbonyl (C=O) groups excluding carboxylic acids is 1. The Labute approximate surface area is 155 Å². The molecule has 2 aromatic rings. The molecule has 0 aliphatic rings. The predicted molar refractivity (Wildman–Crippen MR) is 103 cm³/mol. The lowest BCUT2D eigenvalue weighted by Gasteiger charge is -2.18. The number of carbonyl (C=O) groups is 1. The van der Waals surface area contributed by atoms with Crippen molar-refractivity contribution in [2.75, 3.05) is 13.2 Å². The van der Waals surface area contributed by atoms with E-state index in [2.05, 4.69) is 24.4 Å². The van der Waals surface area contributed by atoms with Gasteiger partial charge in [0.05, 0.1) is 6.42 Å². The number of ether oxygens (including phenoxy) is 1. The summed E-state index contributed by atoms with van der Waals surface area (Å²) in [7, 11) is 0. The molecule has 5 nitrogen and oxygen atoms in total. The maximum atomic E-state index is 11.0. The van der Waals surface area contributed by atoms with E-state index in [0.717, 1.165) is 18.4 Å². The van der Waals surface area contributed by atoms with Crippen LogP contribution in [0.5, 0.6) is 5.75 Å². The zero-order chi connectivity index (χ0) is 18.8. The fourth-order valence-corrected chi connectivity index (χ4v) is 2.66. The molecule has 26 heavy (non-hydrogen) atoms. The molecule has 0 saturated carbocycles. The predicted octanol–water partition coefficient (Wildman–Crippen LogP) is 2.06. The molecule has 2 aromatic carbocycles. The summed E-state index contributed by atoms with van der Waals surface area (Å²) in [5, 5.41) is 13.4. The summed E-state index contributed by atoms with van der Waals surface area (Å²) in [6.45, 7) is 2.78. The third-order valence-electron chi connectivity index (χ3n) is 4.13. The zero-order valence-electron chi connectivity index (χ0n) is 15.2. The maximum absolute atomic E-state index is 11.0. The number of hydrogen-bond acceptors (Lipinski definition) is 4. The molecule has 0 saturated heterocycles. The molecule has 4 N–H and O–H groups in total. The van der Waals surface area contributed by atoms with Crippen molar-refractivity contribution in [2.24, 2.45) is 5.73 Å². The van der Waals surface area contributed by atoms with Crippen LogP contribution in [0.2, 0.25) is 0 Å². The van der Waals surface area contributed by atoms with Crippen LogP contribution >= 0.6 is 0 Å². The van der Waals surface area contributed by atoms with Crippen molar-refractivity contribution in [3.05, 3.63) is 65.7 Å². The minimum Gasteiger partial charge on any atom is -0.491 e. The summed E-state index contributed by atoms with van der Waals surface area (Å²) in [6.07, 6.45) is 1.59. The molecule has 0 fully saturated rings. The number of hydrogen-bond donors (Lipinski definition) is 3. The van der Waals surface area contributed by atoms with Gasteiger partial charge in [0.25, 0.3) is 0 Å². The molecule has 0 radical (unpaired) electrons. The van der Waals surface area contributed by atoms with Gasteiger partial charge in [0, 0.05) is 12.6 Å². The molecule has 140 valence electrons. The number of rotatable bonds is 11. The molecule has 0 aliphatic heterocycles. The van der Waals surface area contributed by atoms with E-state index < -0.39 is 6.10 Å². The molecule has 5 heteroatoms. The fourth-order valence-electron chi connectivity index (χ4n) is 2.66. The second kappa shape index (κ2) is 10.6. The molecule has 0 spiro atoms. The van der Waals surface area contributed by atoms with Crippen LogP contribution in [0.3, 0.4) is 0 Å². The van der Waals surface area contributed by atoms with E-state index in [-0.39, 0.29) is 18.9 Å². The standard InChI is InChI=1S/C21H28N2O3/c1-16(10-11-17-6-3-2-4-7-17)23-14-19(24)15-26-20-9-5-8-18(12-20)13-21(22)25/h2-9,12,16,19,23-24H,10-11,13-15H2,1H3,(H2,22,25). The third-order valence-corrected chi connectivity index (χ3v) is 4.13. The van der Waals surface area contributed by atoms with Gasteiger partial charge in [0.2, 0.25) is 5.91 Å². The van der Waals surface area contributed by atoms with Gasteiger partial charge in [0.15, 0.2) is 0 Å². The van der Waals surface area contributed by atoms with Crippen molar-refractivity contribution < 1.29 is 14.6 Å². The smallest absolute Gasteiger partial charge is 0.221 e. The van der Waals surface area contributed by atoms with Gasteiger partial charge < -0.3 is 20.9 Å². The highest BCUT2D eigenvalue weighted by atomic mass is 16.5. The van der Waals surface area contributed by atoms with Crippen LogP contribution in [0.15, 0.2) is 54.6 Å². The maximum Gasteiger partial charge on any atom is 0.221 e. The number of amides is 1. The second-order valence-electron chi connectivity index (χ2n) is 6.59. The molecule has 0 aromatic heterocycles. The Kier molecular flexibility index (Phi) is 8.12. The molecular formula is C21H28N2O3. The average Bonchev–Trinajstić information content (AvgIpc) is 2.63. The Hall–Kier alpha value is -2.37. The number of benzene rings is 2. The summed E-state index contributed by atoms with van der Waals surface area (Å²) >= 11 is 0. The van der Waals surface area contributed by atoms with Crippen LogP contribution in [0.25, 0.3) is 0 Å². The quantitative estimate of drug-likeness (QED) is 0.575. The molecule has 2 atom stereocenters. The van der Waals surface area contributed by atoms with Gasteiger partial charge in [-0.2, -0.15) is 0 Å². The molecule has 2 unspecified atom stereocenters. The van der Waals surface area contributed by atoms with Crippen molar-refractivity contribution in [1.29, 1.82) is 0 Å². The summed E-state index contributed by atoms with van der Waals surface area (Å²) in [6, 6.07) is 17.9. The molecule has 0 aliphatic carbocycles. The summed E-state index contributed by atoms with van der Waals surface area (Å²) in [4.78, 5) is 11.0. The van der Waals surface area contributed by atoms with E-state index in [1.165, 1.54) is 5.56 Å². The first-order chi connectivity index (χ1) is 12.5. The minimum absolute atomic E-state index is 0.181. The number of aliphatic hydroxyl groups excluding tert-OH is 1. The van der Waals surface area contributed by atoms with E-state index >= 15 is 0 Å². The van der Waals surface area contributed by atoms with Gasteiger partial charge in [-0.3, -0.25) is 4.79 Å². The van der Waals surface area contributed by atoms with Crippen molar-refractivity contribution >= 4 is 5.91 Å². The number of aryl methyl sites for hydroxylation is 1. The van der Waals surface area contributed by atoms with Crippen LogP contribution in [0.1, 0.15) is 24.5 Å². The van der Waals surface area contributed by atoms with E-state index in [4.69, 9.17) is 10.5 Å². The lowest BCUT2D eigenvalue weighted by atomic mass is 10.1. The number of nitrogens with one attached hydrogen (secondary N) is 1. The highest BCUT2D eigenvalue weighted by molar-refractivity contribution is 5.76. The zero-order valence-corrected chi connectivity index (χ0v) is 15.2. The van der Waals surface area contributed by atoms with E-state index in [1.54, 1.807) is 12.1 Å². The normalized spacial score (nSPS) is 13.2.